The van der Waals surface area contributed by atoms with Crippen LogP contribution in [0.15, 0.2) is 30.9 Å². The molecule has 5 N–H and O–H groups in total. The van der Waals surface area contributed by atoms with Crippen LogP contribution in [0.1, 0.15) is 11.7 Å². The summed E-state index contributed by atoms with van der Waals surface area (Å²) in [7, 11) is 0. The lowest BCUT2D eigenvalue weighted by atomic mass is 10.1. The first-order valence-electron chi connectivity index (χ1n) is 3.60. The Morgan fingerprint density at radius 2 is 2.08 bits per heavy atom. The highest BCUT2D eigenvalue weighted by Gasteiger charge is 2.06. The van der Waals surface area contributed by atoms with Crippen LogP contribution in [0.2, 0.25) is 0 Å². The van der Waals surface area contributed by atoms with E-state index in [4.69, 9.17) is 11.5 Å². The number of nitrogen functional groups attached to an aromatic ring is 2. The van der Waals surface area contributed by atoms with Crippen molar-refractivity contribution in [2.24, 2.45) is 0 Å². The Balaban J connectivity index is 3.12. The molecule has 1 aromatic carbocycles. The molecule has 64 valence electrons. The van der Waals surface area contributed by atoms with Gasteiger partial charge in [0.2, 0.25) is 0 Å². The number of aliphatic hydroxyl groups excluding tert-OH is 1. The van der Waals surface area contributed by atoms with Crippen LogP contribution in [0.4, 0.5) is 11.4 Å². The molecule has 0 spiro atoms. The van der Waals surface area contributed by atoms with Gasteiger partial charge in [0, 0.05) is 16.9 Å². The van der Waals surface area contributed by atoms with Gasteiger partial charge in [-0.3, -0.25) is 0 Å². The molecule has 1 aromatic rings. The van der Waals surface area contributed by atoms with Crippen LogP contribution in [0.5, 0.6) is 0 Å². The van der Waals surface area contributed by atoms with E-state index >= 15 is 0 Å². The van der Waals surface area contributed by atoms with Crippen LogP contribution in [0, 0.1) is 0 Å². The Labute approximate surface area is 71.3 Å². The molecule has 3 nitrogen and oxygen atoms in total. The normalized spacial score (nSPS) is 12.4. The van der Waals surface area contributed by atoms with Crippen molar-refractivity contribution in [2.75, 3.05) is 11.5 Å². The lowest BCUT2D eigenvalue weighted by molar-refractivity contribution is 0.230. The van der Waals surface area contributed by atoms with E-state index in [0.29, 0.717) is 16.9 Å². The van der Waals surface area contributed by atoms with Gasteiger partial charge in [-0.1, -0.05) is 6.08 Å². The molecule has 0 saturated carbocycles. The Morgan fingerprint density at radius 1 is 1.42 bits per heavy atom. The Morgan fingerprint density at radius 3 is 2.67 bits per heavy atom. The van der Waals surface area contributed by atoms with Gasteiger partial charge in [0.1, 0.15) is 0 Å². The number of rotatable bonds is 2. The number of aliphatic hydroxyl groups is 1. The summed E-state index contributed by atoms with van der Waals surface area (Å²) in [6, 6.07) is 4.99. The topological polar surface area (TPSA) is 72.3 Å². The summed E-state index contributed by atoms with van der Waals surface area (Å²) in [5.41, 5.74) is 12.8. The van der Waals surface area contributed by atoms with Crippen molar-refractivity contribution >= 4 is 11.4 Å². The molecule has 0 radical (unpaired) electrons. The molecular formula is C9H12N2O. The average Bonchev–Trinajstić information content (AvgIpc) is 2.08. The highest BCUT2D eigenvalue weighted by Crippen LogP contribution is 2.23. The largest absolute Gasteiger partial charge is 0.399 e. The van der Waals surface area contributed by atoms with Crippen LogP contribution in [-0.2, 0) is 0 Å². The van der Waals surface area contributed by atoms with Crippen molar-refractivity contribution in [3.63, 3.8) is 0 Å². The van der Waals surface area contributed by atoms with Crippen molar-refractivity contribution in [1.82, 2.24) is 0 Å². The fraction of sp³-hybridized carbons (Fsp3) is 0.111. The van der Waals surface area contributed by atoms with E-state index < -0.39 is 6.10 Å². The molecule has 0 bridgehead atoms. The van der Waals surface area contributed by atoms with Crippen LogP contribution in [-0.4, -0.2) is 5.11 Å². The number of nitrogens with two attached hydrogens (primary N) is 2. The van der Waals surface area contributed by atoms with E-state index in [9.17, 15) is 5.11 Å². The second-order valence-corrected chi connectivity index (χ2v) is 2.57. The molecule has 0 aromatic heterocycles. The second kappa shape index (κ2) is 3.28. The van der Waals surface area contributed by atoms with Crippen LogP contribution in [0.25, 0.3) is 0 Å². The zero-order valence-corrected chi connectivity index (χ0v) is 6.70. The first-order chi connectivity index (χ1) is 5.65. The highest BCUT2D eigenvalue weighted by molar-refractivity contribution is 5.56. The molecule has 0 amide bonds. The van der Waals surface area contributed by atoms with Crippen LogP contribution >= 0.6 is 0 Å². The van der Waals surface area contributed by atoms with Gasteiger partial charge in [-0.25, -0.2) is 0 Å². The van der Waals surface area contributed by atoms with E-state index in [-0.39, 0.29) is 0 Å². The third kappa shape index (κ3) is 1.57. The van der Waals surface area contributed by atoms with E-state index in [1.807, 2.05) is 0 Å². The minimum Gasteiger partial charge on any atom is -0.399 e. The van der Waals surface area contributed by atoms with Gasteiger partial charge in [-0.15, -0.1) is 6.58 Å². The van der Waals surface area contributed by atoms with Crippen LogP contribution in [0.3, 0.4) is 0 Å². The summed E-state index contributed by atoms with van der Waals surface area (Å²) in [5.74, 6) is 0. The molecule has 0 fully saturated rings. The van der Waals surface area contributed by atoms with E-state index in [0.717, 1.165) is 0 Å². The van der Waals surface area contributed by atoms with Crippen molar-refractivity contribution in [2.45, 2.75) is 6.10 Å². The SMILES string of the molecule is C=CC(O)c1cc(N)ccc1N. The summed E-state index contributed by atoms with van der Waals surface area (Å²) in [5, 5.41) is 9.38. The van der Waals surface area contributed by atoms with Crippen molar-refractivity contribution < 1.29 is 5.11 Å². The summed E-state index contributed by atoms with van der Waals surface area (Å²) in [6.45, 7) is 3.46. The average molecular weight is 164 g/mol. The second-order valence-electron chi connectivity index (χ2n) is 2.57. The van der Waals surface area contributed by atoms with Crippen molar-refractivity contribution in [3.8, 4) is 0 Å². The molecule has 12 heavy (non-hydrogen) atoms. The summed E-state index contributed by atoms with van der Waals surface area (Å²) in [4.78, 5) is 0. The van der Waals surface area contributed by atoms with Gasteiger partial charge in [-0.2, -0.15) is 0 Å². The number of benzene rings is 1. The Bertz CT molecular complexity index is 297. The Hall–Kier alpha value is -1.48. The molecule has 0 saturated heterocycles. The lowest BCUT2D eigenvalue weighted by Crippen LogP contribution is -2.00. The van der Waals surface area contributed by atoms with Crippen molar-refractivity contribution in [3.05, 3.63) is 36.4 Å². The van der Waals surface area contributed by atoms with Gasteiger partial charge < -0.3 is 16.6 Å². The maximum atomic E-state index is 9.38. The first kappa shape index (κ1) is 8.62. The molecule has 0 aliphatic carbocycles. The molecule has 1 unspecified atom stereocenters. The molecule has 1 atom stereocenters. The van der Waals surface area contributed by atoms with Gasteiger partial charge in [0.15, 0.2) is 0 Å². The number of anilines is 2. The molecule has 3 heteroatoms. The quantitative estimate of drug-likeness (QED) is 0.452. The van der Waals surface area contributed by atoms with E-state index in [2.05, 4.69) is 6.58 Å². The molecule has 1 rings (SSSR count). The zero-order chi connectivity index (χ0) is 9.14. The summed E-state index contributed by atoms with van der Waals surface area (Å²) < 4.78 is 0. The van der Waals surface area contributed by atoms with E-state index in [1.165, 1.54) is 6.08 Å². The fourth-order valence-electron chi connectivity index (χ4n) is 0.976. The van der Waals surface area contributed by atoms with Gasteiger partial charge in [0.05, 0.1) is 6.10 Å². The molecule has 0 heterocycles. The number of hydrogen-bond donors (Lipinski definition) is 3. The molecular weight excluding hydrogens is 152 g/mol. The summed E-state index contributed by atoms with van der Waals surface area (Å²) in [6.07, 6.45) is 0.666. The van der Waals surface area contributed by atoms with Crippen molar-refractivity contribution in [1.29, 1.82) is 0 Å². The predicted octanol–water partition coefficient (Wildman–Crippen LogP) is 1.07. The summed E-state index contributed by atoms with van der Waals surface area (Å²) >= 11 is 0. The minimum absolute atomic E-state index is 0.525. The molecule has 0 aliphatic rings. The smallest absolute Gasteiger partial charge is 0.0989 e. The minimum atomic E-state index is -0.742. The fourth-order valence-corrected chi connectivity index (χ4v) is 0.976. The van der Waals surface area contributed by atoms with Gasteiger partial charge >= 0.3 is 0 Å². The van der Waals surface area contributed by atoms with Gasteiger partial charge in [-0.05, 0) is 18.2 Å². The monoisotopic (exact) mass is 164 g/mol. The zero-order valence-electron chi connectivity index (χ0n) is 6.70. The van der Waals surface area contributed by atoms with Gasteiger partial charge in [0.25, 0.3) is 0 Å². The standard InChI is InChI=1S/C9H12N2O/c1-2-9(12)7-5-6(10)3-4-8(7)11/h2-5,9,12H,1,10-11H2. The highest BCUT2D eigenvalue weighted by atomic mass is 16.3. The predicted molar refractivity (Wildman–Crippen MR) is 50.4 cm³/mol. The molecule has 0 aliphatic heterocycles. The first-order valence-corrected chi connectivity index (χ1v) is 3.60. The Kier molecular flexibility index (Phi) is 2.35. The third-order valence-electron chi connectivity index (χ3n) is 1.65. The van der Waals surface area contributed by atoms with E-state index in [1.54, 1.807) is 18.2 Å². The third-order valence-corrected chi connectivity index (χ3v) is 1.65. The maximum Gasteiger partial charge on any atom is 0.0989 e. The maximum absolute atomic E-state index is 9.38. The lowest BCUT2D eigenvalue weighted by Gasteiger charge is -2.09. The van der Waals surface area contributed by atoms with Crippen LogP contribution < -0.4 is 11.5 Å². The number of hydrogen-bond acceptors (Lipinski definition) is 3.